The lowest BCUT2D eigenvalue weighted by Crippen LogP contribution is -2.37. The highest BCUT2D eigenvalue weighted by Gasteiger charge is 2.22. The smallest absolute Gasteiger partial charge is 0.246 e. The van der Waals surface area contributed by atoms with E-state index >= 15 is 0 Å². The molecule has 1 fully saturated rings. The summed E-state index contributed by atoms with van der Waals surface area (Å²) >= 11 is 0. The van der Waals surface area contributed by atoms with Crippen molar-refractivity contribution < 1.29 is 4.79 Å². The van der Waals surface area contributed by atoms with E-state index in [1.165, 1.54) is 17.6 Å². The van der Waals surface area contributed by atoms with Gasteiger partial charge in [0, 0.05) is 13.1 Å². The first-order valence-corrected chi connectivity index (χ1v) is 9.98. The maximum absolute atomic E-state index is 11.8. The van der Waals surface area contributed by atoms with E-state index in [1.807, 2.05) is 37.8 Å². The van der Waals surface area contributed by atoms with Crippen molar-refractivity contribution in [3.8, 4) is 0 Å². The second-order valence-electron chi connectivity index (χ2n) is 5.87. The summed E-state index contributed by atoms with van der Waals surface area (Å²) in [5.41, 5.74) is 2.67. The normalized spacial score (nSPS) is 15.9. The summed E-state index contributed by atoms with van der Waals surface area (Å²) in [5, 5.41) is 0. The topological polar surface area (TPSA) is 20.3 Å². The molecule has 0 aromatic carbocycles. The number of nitrogens with zero attached hydrogens (tertiary/aromatic N) is 1. The molecule has 0 aromatic rings. The number of carbonyl (C=O) groups excluding carboxylic acids is 1. The van der Waals surface area contributed by atoms with Gasteiger partial charge < -0.3 is 4.90 Å². The van der Waals surface area contributed by atoms with Crippen molar-refractivity contribution in [3.05, 3.63) is 48.1 Å². The summed E-state index contributed by atoms with van der Waals surface area (Å²) in [7, 11) is 0. The highest BCUT2D eigenvalue weighted by molar-refractivity contribution is 5.87. The first-order chi connectivity index (χ1) is 12.1. The second kappa shape index (κ2) is 17.3. The van der Waals surface area contributed by atoms with Crippen LogP contribution >= 0.6 is 0 Å². The van der Waals surface area contributed by atoms with Crippen molar-refractivity contribution in [2.24, 2.45) is 5.92 Å². The van der Waals surface area contributed by atoms with Crippen LogP contribution in [-0.2, 0) is 4.79 Å². The van der Waals surface area contributed by atoms with Crippen LogP contribution in [0.2, 0.25) is 0 Å². The van der Waals surface area contributed by atoms with Crippen LogP contribution < -0.4 is 0 Å². The molecule has 25 heavy (non-hydrogen) atoms. The quantitative estimate of drug-likeness (QED) is 0.399. The molecule has 0 radical (unpaired) electrons. The zero-order chi connectivity index (χ0) is 19.7. The van der Waals surface area contributed by atoms with E-state index in [1.54, 1.807) is 6.08 Å². The van der Waals surface area contributed by atoms with E-state index in [9.17, 15) is 4.79 Å². The molecule has 0 aromatic heterocycles. The third kappa shape index (κ3) is 10.8. The standard InChI is InChI=1S/C18H27NO.C3H8.C2H6/c1-5-9-18(20)19-12-10-17(11-13-19)16(8-4)14-15(6-2)7-3;1-3-2;1-2/h5-6,8-9,14,17H,4,7,10-13H2,1-3H3;3H2,1-2H3;1-2H3/b9-5+,15-6-,16-14+;;. The van der Waals surface area contributed by atoms with Gasteiger partial charge in [0.05, 0.1) is 0 Å². The number of piperidine rings is 1. The molecule has 2 heteroatoms. The van der Waals surface area contributed by atoms with Gasteiger partial charge in [-0.05, 0) is 50.7 Å². The molecule has 1 heterocycles. The van der Waals surface area contributed by atoms with Crippen LogP contribution in [0, 0.1) is 5.92 Å². The van der Waals surface area contributed by atoms with Crippen molar-refractivity contribution in [3.63, 3.8) is 0 Å². The Balaban J connectivity index is 0. The van der Waals surface area contributed by atoms with Gasteiger partial charge in [0.15, 0.2) is 0 Å². The fraction of sp³-hybridized carbons (Fsp3) is 0.609. The Morgan fingerprint density at radius 3 is 2.00 bits per heavy atom. The molecule has 0 atom stereocenters. The second-order valence-corrected chi connectivity index (χ2v) is 5.87. The van der Waals surface area contributed by atoms with E-state index in [0.717, 1.165) is 32.4 Å². The average molecular weight is 348 g/mol. The lowest BCUT2D eigenvalue weighted by atomic mass is 9.87. The highest BCUT2D eigenvalue weighted by atomic mass is 16.2. The monoisotopic (exact) mass is 347 g/mol. The third-order valence-electron chi connectivity index (χ3n) is 3.95. The maximum Gasteiger partial charge on any atom is 0.246 e. The number of carbonyl (C=O) groups is 1. The van der Waals surface area contributed by atoms with E-state index in [-0.39, 0.29) is 5.91 Å². The third-order valence-corrected chi connectivity index (χ3v) is 3.95. The fourth-order valence-electron chi connectivity index (χ4n) is 2.63. The molecule has 1 saturated heterocycles. The lowest BCUT2D eigenvalue weighted by molar-refractivity contribution is -0.127. The molecule has 0 spiro atoms. The highest BCUT2D eigenvalue weighted by Crippen LogP contribution is 2.27. The van der Waals surface area contributed by atoms with Crippen LogP contribution in [0.3, 0.4) is 0 Å². The zero-order valence-electron chi connectivity index (χ0n) is 17.8. The van der Waals surface area contributed by atoms with E-state index in [4.69, 9.17) is 0 Å². The molecule has 1 aliphatic heterocycles. The van der Waals surface area contributed by atoms with E-state index in [2.05, 4.69) is 46.4 Å². The van der Waals surface area contributed by atoms with Gasteiger partial charge in [-0.25, -0.2) is 0 Å². The Morgan fingerprint density at radius 2 is 1.64 bits per heavy atom. The Labute approximate surface area is 157 Å². The first-order valence-electron chi connectivity index (χ1n) is 9.98. The van der Waals surface area contributed by atoms with Crippen LogP contribution in [0.1, 0.15) is 74.1 Å². The van der Waals surface area contributed by atoms with Crippen molar-refractivity contribution in [2.75, 3.05) is 13.1 Å². The Hall–Kier alpha value is -1.57. The number of hydrogen-bond donors (Lipinski definition) is 0. The molecule has 1 aliphatic rings. The Bertz CT molecular complexity index is 435. The number of amides is 1. The molecule has 1 rings (SSSR count). The first kappa shape index (κ1) is 25.7. The van der Waals surface area contributed by atoms with Gasteiger partial charge in [0.2, 0.25) is 5.91 Å². The molecule has 0 N–H and O–H groups in total. The number of likely N-dealkylation sites (tertiary alicyclic amines) is 1. The summed E-state index contributed by atoms with van der Waals surface area (Å²) in [6.07, 6.45) is 14.2. The summed E-state index contributed by atoms with van der Waals surface area (Å²) in [6.45, 7) is 20.0. The minimum atomic E-state index is 0.137. The summed E-state index contributed by atoms with van der Waals surface area (Å²) in [5.74, 6) is 0.668. The largest absolute Gasteiger partial charge is 0.339 e. The van der Waals surface area contributed by atoms with Crippen molar-refractivity contribution >= 4 is 5.91 Å². The number of rotatable bonds is 5. The molecule has 0 saturated carbocycles. The van der Waals surface area contributed by atoms with Crippen LogP contribution in [0.5, 0.6) is 0 Å². The van der Waals surface area contributed by atoms with Crippen LogP contribution in [0.25, 0.3) is 0 Å². The summed E-state index contributed by atoms with van der Waals surface area (Å²) < 4.78 is 0. The predicted octanol–water partition coefficient (Wildman–Crippen LogP) is 6.71. The van der Waals surface area contributed by atoms with Crippen LogP contribution in [0.15, 0.2) is 48.1 Å². The fourth-order valence-corrected chi connectivity index (χ4v) is 2.63. The molecule has 144 valence electrons. The van der Waals surface area contributed by atoms with Gasteiger partial charge in [0.25, 0.3) is 0 Å². The van der Waals surface area contributed by atoms with Gasteiger partial charge in [-0.3, -0.25) is 4.79 Å². The van der Waals surface area contributed by atoms with Crippen molar-refractivity contribution in [1.29, 1.82) is 0 Å². The average Bonchev–Trinajstić information content (AvgIpc) is 2.65. The molecule has 2 nitrogen and oxygen atoms in total. The van der Waals surface area contributed by atoms with Crippen LogP contribution in [0.4, 0.5) is 0 Å². The molecule has 1 amide bonds. The number of allylic oxidation sites excluding steroid dienone is 6. The maximum atomic E-state index is 11.8. The lowest BCUT2D eigenvalue weighted by Gasteiger charge is -2.32. The van der Waals surface area contributed by atoms with Gasteiger partial charge in [-0.2, -0.15) is 0 Å². The molecular weight excluding hydrogens is 306 g/mol. The van der Waals surface area contributed by atoms with Gasteiger partial charge >= 0.3 is 0 Å². The molecule has 0 aliphatic carbocycles. The Kier molecular flexibility index (Phi) is 17.7. The zero-order valence-corrected chi connectivity index (χ0v) is 17.8. The van der Waals surface area contributed by atoms with Gasteiger partial charge in [-0.1, -0.05) is 77.5 Å². The minimum absolute atomic E-state index is 0.137. The molecule has 0 unspecified atom stereocenters. The molecule has 0 bridgehead atoms. The predicted molar refractivity (Wildman–Crippen MR) is 114 cm³/mol. The van der Waals surface area contributed by atoms with Crippen molar-refractivity contribution in [1.82, 2.24) is 4.90 Å². The van der Waals surface area contributed by atoms with Gasteiger partial charge in [0.1, 0.15) is 0 Å². The van der Waals surface area contributed by atoms with E-state index in [0.29, 0.717) is 5.92 Å². The van der Waals surface area contributed by atoms with E-state index < -0.39 is 0 Å². The summed E-state index contributed by atoms with van der Waals surface area (Å²) in [6, 6.07) is 0. The van der Waals surface area contributed by atoms with Crippen molar-refractivity contribution in [2.45, 2.75) is 74.1 Å². The number of hydrogen-bond acceptors (Lipinski definition) is 1. The Morgan fingerprint density at radius 1 is 1.12 bits per heavy atom. The summed E-state index contributed by atoms with van der Waals surface area (Å²) in [4.78, 5) is 13.7. The van der Waals surface area contributed by atoms with Gasteiger partial charge in [-0.15, -0.1) is 0 Å². The molecular formula is C23H41NO. The SMILES string of the molecule is C=C/C(=C\C(=C/C)CC)C1CCN(C(=O)/C=C/C)CC1.CC.CCC. The minimum Gasteiger partial charge on any atom is -0.339 e. The van der Waals surface area contributed by atoms with Crippen LogP contribution in [-0.4, -0.2) is 23.9 Å².